The van der Waals surface area contributed by atoms with Gasteiger partial charge in [0.05, 0.1) is 11.0 Å². The summed E-state index contributed by atoms with van der Waals surface area (Å²) >= 11 is 5.79. The highest BCUT2D eigenvalue weighted by atomic mass is 35.5. The Morgan fingerprint density at radius 3 is 3.00 bits per heavy atom. The maximum absolute atomic E-state index is 11.1. The molecular formula is C13H13ClN4O3. The summed E-state index contributed by atoms with van der Waals surface area (Å²) in [6.45, 7) is 0.912. The zero-order valence-electron chi connectivity index (χ0n) is 11.1. The van der Waals surface area contributed by atoms with E-state index in [0.717, 1.165) is 25.8 Å². The molecule has 1 saturated heterocycles. The third-order valence-electron chi connectivity index (χ3n) is 3.45. The first-order chi connectivity index (χ1) is 10.1. The molecule has 0 amide bonds. The topological polar surface area (TPSA) is 94.1 Å². The Morgan fingerprint density at radius 2 is 2.29 bits per heavy atom. The summed E-state index contributed by atoms with van der Waals surface area (Å²) in [5, 5.41) is 18.6. The summed E-state index contributed by atoms with van der Waals surface area (Å²) in [6.07, 6.45) is 3.16. The highest BCUT2D eigenvalue weighted by Gasteiger charge is 2.24. The third-order valence-corrected chi connectivity index (χ3v) is 3.69. The number of nitro benzene ring substituents is 1. The van der Waals surface area contributed by atoms with Crippen LogP contribution in [0.3, 0.4) is 0 Å². The van der Waals surface area contributed by atoms with E-state index >= 15 is 0 Å². The van der Waals surface area contributed by atoms with Crippen molar-refractivity contribution in [3.8, 4) is 11.5 Å². The highest BCUT2D eigenvalue weighted by molar-refractivity contribution is 6.30. The molecule has 21 heavy (non-hydrogen) atoms. The fraction of sp³-hybridized carbons (Fsp3) is 0.385. The number of benzene rings is 1. The van der Waals surface area contributed by atoms with Gasteiger partial charge in [-0.25, -0.2) is 0 Å². The molecule has 1 aromatic heterocycles. The molecule has 2 aromatic rings. The number of nitrogens with one attached hydrogen (secondary N) is 1. The van der Waals surface area contributed by atoms with Crippen LogP contribution < -0.4 is 5.32 Å². The van der Waals surface area contributed by atoms with E-state index in [2.05, 4.69) is 15.5 Å². The van der Waals surface area contributed by atoms with Gasteiger partial charge in [-0.1, -0.05) is 23.2 Å². The van der Waals surface area contributed by atoms with E-state index in [-0.39, 0.29) is 23.2 Å². The molecule has 1 aromatic carbocycles. The molecule has 110 valence electrons. The summed E-state index contributed by atoms with van der Waals surface area (Å²) in [4.78, 5) is 14.9. The van der Waals surface area contributed by atoms with Crippen molar-refractivity contribution in [2.75, 3.05) is 6.54 Å². The van der Waals surface area contributed by atoms with Crippen LogP contribution in [0.2, 0.25) is 5.02 Å². The van der Waals surface area contributed by atoms with Gasteiger partial charge in [0.1, 0.15) is 5.56 Å². The maximum atomic E-state index is 11.1. The van der Waals surface area contributed by atoms with Crippen molar-refractivity contribution in [3.63, 3.8) is 0 Å². The Morgan fingerprint density at radius 1 is 1.43 bits per heavy atom. The number of nitro groups is 1. The van der Waals surface area contributed by atoms with Crippen molar-refractivity contribution in [1.82, 2.24) is 15.5 Å². The Bertz CT molecular complexity index is 667. The van der Waals surface area contributed by atoms with E-state index < -0.39 is 4.92 Å². The van der Waals surface area contributed by atoms with Crippen LogP contribution >= 0.6 is 11.6 Å². The standard InChI is InChI=1S/C13H13ClN4O3/c14-8-4-5-9(11(7-8)18(19)20)13-16-12(17-21-13)10-3-1-2-6-15-10/h4-5,7,10,15H,1-3,6H2. The Kier molecular flexibility index (Phi) is 3.85. The molecule has 0 saturated carbocycles. The molecule has 1 atom stereocenters. The molecule has 2 heterocycles. The third kappa shape index (κ3) is 2.88. The number of piperidine rings is 1. The monoisotopic (exact) mass is 308 g/mol. The predicted octanol–water partition coefficient (Wildman–Crippen LogP) is 3.11. The zero-order valence-corrected chi connectivity index (χ0v) is 11.8. The summed E-state index contributed by atoms with van der Waals surface area (Å²) in [5.41, 5.74) is 0.133. The van der Waals surface area contributed by atoms with Crippen molar-refractivity contribution in [3.05, 3.63) is 39.2 Å². The van der Waals surface area contributed by atoms with Gasteiger partial charge in [0, 0.05) is 11.1 Å². The first-order valence-corrected chi connectivity index (χ1v) is 7.04. The number of hydrogen-bond acceptors (Lipinski definition) is 6. The van der Waals surface area contributed by atoms with Crippen LogP contribution in [0.5, 0.6) is 0 Å². The van der Waals surface area contributed by atoms with Crippen LogP contribution in [0.15, 0.2) is 22.7 Å². The lowest BCUT2D eigenvalue weighted by atomic mass is 10.0. The van der Waals surface area contributed by atoms with E-state index in [9.17, 15) is 10.1 Å². The molecule has 0 spiro atoms. The molecule has 1 unspecified atom stereocenters. The lowest BCUT2D eigenvalue weighted by Gasteiger charge is -2.19. The number of nitrogens with zero attached hydrogens (tertiary/aromatic N) is 3. The van der Waals surface area contributed by atoms with Crippen molar-refractivity contribution in [2.24, 2.45) is 0 Å². The molecule has 0 radical (unpaired) electrons. The predicted molar refractivity (Wildman–Crippen MR) is 76.0 cm³/mol. The van der Waals surface area contributed by atoms with Crippen molar-refractivity contribution in [1.29, 1.82) is 0 Å². The Hall–Kier alpha value is -1.99. The minimum absolute atomic E-state index is 0.0441. The first kappa shape index (κ1) is 14.0. The van der Waals surface area contributed by atoms with Gasteiger partial charge in [-0.2, -0.15) is 4.98 Å². The molecule has 1 aliphatic rings. The molecule has 7 nitrogen and oxygen atoms in total. The fourth-order valence-electron chi connectivity index (χ4n) is 2.39. The van der Waals surface area contributed by atoms with E-state index in [4.69, 9.17) is 16.1 Å². The number of rotatable bonds is 3. The second kappa shape index (κ2) is 5.79. The number of aromatic nitrogens is 2. The van der Waals surface area contributed by atoms with Gasteiger partial charge in [-0.15, -0.1) is 0 Å². The van der Waals surface area contributed by atoms with Crippen LogP contribution in [0.1, 0.15) is 31.1 Å². The number of halogens is 1. The summed E-state index contributed by atoms with van der Waals surface area (Å²) in [7, 11) is 0. The summed E-state index contributed by atoms with van der Waals surface area (Å²) in [6, 6.07) is 4.40. The molecule has 1 fully saturated rings. The summed E-state index contributed by atoms with van der Waals surface area (Å²) < 4.78 is 5.19. The Labute approximate surface area is 125 Å². The highest BCUT2D eigenvalue weighted by Crippen LogP contribution is 2.32. The van der Waals surface area contributed by atoms with Crippen LogP contribution in [-0.2, 0) is 0 Å². The van der Waals surface area contributed by atoms with Crippen molar-refractivity contribution >= 4 is 17.3 Å². The molecule has 0 aliphatic carbocycles. The van der Waals surface area contributed by atoms with Gasteiger partial charge >= 0.3 is 0 Å². The average molecular weight is 309 g/mol. The van der Waals surface area contributed by atoms with Gasteiger partial charge in [0.15, 0.2) is 5.82 Å². The second-order valence-electron chi connectivity index (χ2n) is 4.88. The van der Waals surface area contributed by atoms with Crippen molar-refractivity contribution < 1.29 is 9.45 Å². The SMILES string of the molecule is O=[N+]([O-])c1cc(Cl)ccc1-c1nc(C2CCCCN2)no1. The maximum Gasteiger partial charge on any atom is 0.283 e. The van der Waals surface area contributed by atoms with Crippen LogP contribution in [0, 0.1) is 10.1 Å². The van der Waals surface area contributed by atoms with Crippen LogP contribution in [0.25, 0.3) is 11.5 Å². The van der Waals surface area contributed by atoms with Gasteiger partial charge in [0.2, 0.25) is 0 Å². The van der Waals surface area contributed by atoms with Crippen LogP contribution in [-0.4, -0.2) is 21.6 Å². The van der Waals surface area contributed by atoms with Gasteiger partial charge in [0.25, 0.3) is 11.6 Å². The van der Waals surface area contributed by atoms with E-state index in [1.165, 1.54) is 12.1 Å². The minimum atomic E-state index is -0.510. The van der Waals surface area contributed by atoms with E-state index in [1.54, 1.807) is 6.07 Å². The summed E-state index contributed by atoms with van der Waals surface area (Å²) in [5.74, 6) is 0.676. The molecule has 1 aliphatic heterocycles. The van der Waals surface area contributed by atoms with Gasteiger partial charge in [-0.3, -0.25) is 10.1 Å². The first-order valence-electron chi connectivity index (χ1n) is 6.66. The molecule has 1 N–H and O–H groups in total. The van der Waals surface area contributed by atoms with Gasteiger partial charge in [-0.05, 0) is 31.5 Å². The average Bonchev–Trinajstić information content (AvgIpc) is 2.97. The lowest BCUT2D eigenvalue weighted by Crippen LogP contribution is -2.27. The normalized spacial score (nSPS) is 18.6. The smallest absolute Gasteiger partial charge is 0.283 e. The molecule has 0 bridgehead atoms. The zero-order chi connectivity index (χ0) is 14.8. The number of hydrogen-bond donors (Lipinski definition) is 1. The fourth-order valence-corrected chi connectivity index (χ4v) is 2.56. The molecular weight excluding hydrogens is 296 g/mol. The second-order valence-corrected chi connectivity index (χ2v) is 5.32. The largest absolute Gasteiger partial charge is 0.334 e. The quantitative estimate of drug-likeness (QED) is 0.691. The minimum Gasteiger partial charge on any atom is -0.334 e. The Balaban J connectivity index is 1.94. The van der Waals surface area contributed by atoms with Crippen molar-refractivity contribution in [2.45, 2.75) is 25.3 Å². The van der Waals surface area contributed by atoms with E-state index in [1.807, 2.05) is 0 Å². The van der Waals surface area contributed by atoms with Gasteiger partial charge < -0.3 is 9.84 Å². The molecule has 8 heteroatoms. The lowest BCUT2D eigenvalue weighted by molar-refractivity contribution is -0.384. The van der Waals surface area contributed by atoms with E-state index in [0.29, 0.717) is 10.8 Å². The molecule has 3 rings (SSSR count). The van der Waals surface area contributed by atoms with Crippen LogP contribution in [0.4, 0.5) is 5.69 Å².